The number of aliphatic imine (C=N–C) groups is 1. The second-order valence-corrected chi connectivity index (χ2v) is 9.92. The van der Waals surface area contributed by atoms with Crippen LogP contribution in [0, 0.1) is 0 Å². The standard InChI is InChI=1S/C21H28N6OS.C2H7N/c1-24-20(9-10-23-24)17-5-7-19(8-6-17)29(28)27-12-11-22-21(27)26-15-13-25(14-16-26)18-3-2-4-18;1-3-2/h5-10,18H,2-4,11-16H2,1H3;3H,1-2H3. The fraction of sp³-hybridized carbons (Fsp3) is 0.565. The molecule has 1 atom stereocenters. The van der Waals surface area contributed by atoms with Crippen molar-refractivity contribution in [2.24, 2.45) is 12.0 Å². The summed E-state index contributed by atoms with van der Waals surface area (Å²) in [7, 11) is 4.45. The summed E-state index contributed by atoms with van der Waals surface area (Å²) in [4.78, 5) is 10.5. The Labute approximate surface area is 193 Å². The van der Waals surface area contributed by atoms with E-state index in [2.05, 4.69) is 20.2 Å². The molecule has 1 aromatic heterocycles. The average Bonchev–Trinajstić information content (AvgIpc) is 3.43. The molecular formula is C23H35N7OS. The zero-order valence-electron chi connectivity index (χ0n) is 19.4. The highest BCUT2D eigenvalue weighted by atomic mass is 32.2. The second-order valence-electron chi connectivity index (χ2n) is 8.51. The molecule has 3 heterocycles. The lowest BCUT2D eigenvalue weighted by Crippen LogP contribution is -2.55. The maximum absolute atomic E-state index is 13.3. The van der Waals surface area contributed by atoms with Crippen molar-refractivity contribution in [1.82, 2.24) is 29.2 Å². The average molecular weight is 458 g/mol. The van der Waals surface area contributed by atoms with Gasteiger partial charge >= 0.3 is 0 Å². The van der Waals surface area contributed by atoms with Gasteiger partial charge in [0, 0.05) is 45.5 Å². The minimum absolute atomic E-state index is 0.717. The van der Waals surface area contributed by atoms with Gasteiger partial charge in [0.25, 0.3) is 0 Å². The molecule has 2 aliphatic heterocycles. The van der Waals surface area contributed by atoms with Crippen molar-refractivity contribution in [1.29, 1.82) is 0 Å². The highest BCUT2D eigenvalue weighted by Crippen LogP contribution is 2.27. The first-order valence-corrected chi connectivity index (χ1v) is 12.6. The summed E-state index contributed by atoms with van der Waals surface area (Å²) in [6.45, 7) is 5.56. The Morgan fingerprint density at radius 2 is 1.69 bits per heavy atom. The molecule has 3 aliphatic rings. The van der Waals surface area contributed by atoms with Gasteiger partial charge in [0.15, 0.2) is 11.0 Å². The van der Waals surface area contributed by atoms with Crippen molar-refractivity contribution in [3.8, 4) is 11.3 Å². The van der Waals surface area contributed by atoms with Crippen molar-refractivity contribution in [3.05, 3.63) is 36.5 Å². The van der Waals surface area contributed by atoms with Crippen molar-refractivity contribution in [3.63, 3.8) is 0 Å². The molecule has 32 heavy (non-hydrogen) atoms. The Bertz CT molecular complexity index is 930. The maximum atomic E-state index is 13.3. The number of piperazine rings is 1. The maximum Gasteiger partial charge on any atom is 0.209 e. The fourth-order valence-corrected chi connectivity index (χ4v) is 5.59. The number of guanidine groups is 1. The van der Waals surface area contributed by atoms with E-state index >= 15 is 0 Å². The van der Waals surface area contributed by atoms with Crippen LogP contribution < -0.4 is 5.32 Å². The van der Waals surface area contributed by atoms with Crippen LogP contribution in [0.5, 0.6) is 0 Å². The lowest BCUT2D eigenvalue weighted by molar-refractivity contribution is 0.0834. The molecule has 1 aliphatic carbocycles. The van der Waals surface area contributed by atoms with Crippen LogP contribution in [0.4, 0.5) is 0 Å². The van der Waals surface area contributed by atoms with Crippen molar-refractivity contribution < 1.29 is 4.21 Å². The Hall–Kier alpha value is -2.23. The minimum Gasteiger partial charge on any atom is -0.339 e. The highest BCUT2D eigenvalue weighted by molar-refractivity contribution is 7.83. The molecule has 174 valence electrons. The van der Waals surface area contributed by atoms with Gasteiger partial charge in [-0.1, -0.05) is 18.6 Å². The molecule has 0 amide bonds. The summed E-state index contributed by atoms with van der Waals surface area (Å²) in [5.74, 6) is 0.910. The van der Waals surface area contributed by atoms with Gasteiger partial charge in [-0.25, -0.2) is 4.21 Å². The molecule has 0 bridgehead atoms. The molecule has 2 aromatic rings. The van der Waals surface area contributed by atoms with Crippen LogP contribution in [0.3, 0.4) is 0 Å². The van der Waals surface area contributed by atoms with Gasteiger partial charge in [0.1, 0.15) is 0 Å². The van der Waals surface area contributed by atoms with Crippen molar-refractivity contribution in [2.75, 3.05) is 53.4 Å². The van der Waals surface area contributed by atoms with Crippen LogP contribution in [0.2, 0.25) is 0 Å². The fourth-order valence-electron chi connectivity index (χ4n) is 4.40. The van der Waals surface area contributed by atoms with Crippen LogP contribution in [-0.4, -0.2) is 93.5 Å². The Morgan fingerprint density at radius 3 is 2.25 bits per heavy atom. The zero-order chi connectivity index (χ0) is 22.5. The largest absolute Gasteiger partial charge is 0.339 e. The van der Waals surface area contributed by atoms with E-state index in [4.69, 9.17) is 4.99 Å². The summed E-state index contributed by atoms with van der Waals surface area (Å²) in [6.07, 6.45) is 5.88. The van der Waals surface area contributed by atoms with E-state index in [9.17, 15) is 4.21 Å². The first-order chi connectivity index (χ1) is 15.6. The van der Waals surface area contributed by atoms with E-state index in [1.165, 1.54) is 19.3 Å². The molecule has 8 nitrogen and oxygen atoms in total. The summed E-state index contributed by atoms with van der Waals surface area (Å²) in [6, 6.07) is 10.8. The van der Waals surface area contributed by atoms with E-state index in [1.807, 2.05) is 60.5 Å². The first kappa shape index (κ1) is 22.9. The molecule has 1 saturated carbocycles. The smallest absolute Gasteiger partial charge is 0.209 e. The van der Waals surface area contributed by atoms with Crippen LogP contribution in [0.15, 0.2) is 46.4 Å². The van der Waals surface area contributed by atoms with Gasteiger partial charge in [-0.2, -0.15) is 5.10 Å². The van der Waals surface area contributed by atoms with Gasteiger partial charge < -0.3 is 10.2 Å². The first-order valence-electron chi connectivity index (χ1n) is 11.5. The molecule has 1 aromatic carbocycles. The number of aryl methyl sites for hydroxylation is 1. The minimum atomic E-state index is -1.23. The summed E-state index contributed by atoms with van der Waals surface area (Å²) < 4.78 is 17.1. The van der Waals surface area contributed by atoms with Crippen molar-refractivity contribution >= 4 is 16.9 Å². The summed E-state index contributed by atoms with van der Waals surface area (Å²) in [5, 5.41) is 6.97. The van der Waals surface area contributed by atoms with Gasteiger partial charge in [0.05, 0.1) is 23.7 Å². The van der Waals surface area contributed by atoms with Gasteiger partial charge in [-0.3, -0.25) is 18.9 Å². The summed E-state index contributed by atoms with van der Waals surface area (Å²) >= 11 is 0. The predicted octanol–water partition coefficient (Wildman–Crippen LogP) is 1.79. The zero-order valence-corrected chi connectivity index (χ0v) is 20.2. The Morgan fingerprint density at radius 1 is 1.00 bits per heavy atom. The third kappa shape index (κ3) is 4.89. The molecule has 9 heteroatoms. The topological polar surface area (TPSA) is 69.0 Å². The van der Waals surface area contributed by atoms with Gasteiger partial charge in [-0.05, 0) is 50.7 Å². The van der Waals surface area contributed by atoms with Crippen LogP contribution in [0.25, 0.3) is 11.3 Å². The number of nitrogens with zero attached hydrogens (tertiary/aromatic N) is 6. The van der Waals surface area contributed by atoms with Crippen LogP contribution in [-0.2, 0) is 18.0 Å². The molecule has 1 N–H and O–H groups in total. The Kier molecular flexibility index (Phi) is 7.59. The third-order valence-electron chi connectivity index (χ3n) is 6.34. The van der Waals surface area contributed by atoms with E-state index in [0.29, 0.717) is 6.54 Å². The normalized spacial score (nSPS) is 20.4. The second kappa shape index (κ2) is 10.6. The molecule has 1 saturated heterocycles. The number of hydrogen-bond acceptors (Lipinski definition) is 6. The Balaban J connectivity index is 0.000000775. The van der Waals surface area contributed by atoms with Crippen LogP contribution in [0.1, 0.15) is 19.3 Å². The van der Waals surface area contributed by atoms with E-state index in [1.54, 1.807) is 6.20 Å². The monoisotopic (exact) mass is 457 g/mol. The number of rotatable bonds is 4. The quantitative estimate of drug-likeness (QED) is 0.758. The van der Waals surface area contributed by atoms with Gasteiger partial charge in [-0.15, -0.1) is 0 Å². The molecule has 2 fully saturated rings. The third-order valence-corrected chi connectivity index (χ3v) is 7.76. The van der Waals surface area contributed by atoms with E-state index in [-0.39, 0.29) is 0 Å². The lowest BCUT2D eigenvalue weighted by atomic mass is 9.91. The molecular weight excluding hydrogens is 422 g/mol. The predicted molar refractivity (Wildman–Crippen MR) is 130 cm³/mol. The van der Waals surface area contributed by atoms with E-state index < -0.39 is 11.0 Å². The molecule has 0 spiro atoms. The number of benzene rings is 1. The van der Waals surface area contributed by atoms with E-state index in [0.717, 1.165) is 60.9 Å². The van der Waals surface area contributed by atoms with Crippen LogP contribution >= 0.6 is 0 Å². The highest BCUT2D eigenvalue weighted by Gasteiger charge is 2.33. The summed E-state index contributed by atoms with van der Waals surface area (Å²) in [5.41, 5.74) is 2.13. The molecule has 0 radical (unpaired) electrons. The lowest BCUT2D eigenvalue weighted by Gasteiger charge is -2.44. The number of nitrogens with one attached hydrogen (secondary N) is 1. The molecule has 5 rings (SSSR count). The van der Waals surface area contributed by atoms with Crippen molar-refractivity contribution in [2.45, 2.75) is 30.2 Å². The number of aromatic nitrogens is 2. The SMILES string of the molecule is CNC.Cn1nccc1-c1ccc(S(=O)N2CCN=C2N2CCN(C3CCC3)CC2)cc1. The number of hydrogen-bond donors (Lipinski definition) is 1. The van der Waals surface area contributed by atoms with Gasteiger partial charge in [0.2, 0.25) is 5.96 Å². The molecule has 1 unspecified atom stereocenters.